The molecular weight excluding hydrogens is 430 g/mol. The molecule has 0 fully saturated rings. The Morgan fingerprint density at radius 2 is 1.87 bits per heavy atom. The molecule has 0 saturated heterocycles. The van der Waals surface area contributed by atoms with Gasteiger partial charge in [-0.3, -0.25) is 14.4 Å². The second-order valence-electron chi connectivity index (χ2n) is 7.01. The number of carbonyl (C=O) groups excluding carboxylic acids is 4. The fraction of sp³-hybridized carbons (Fsp3) is 0.667. The lowest BCUT2D eigenvalue weighted by Gasteiger charge is -2.24. The van der Waals surface area contributed by atoms with Crippen LogP contribution >= 0.6 is 11.3 Å². The summed E-state index contributed by atoms with van der Waals surface area (Å²) >= 11 is 1.25. The topological polar surface area (TPSA) is 158 Å². The minimum absolute atomic E-state index is 0.00262. The first-order valence-corrected chi connectivity index (χ1v) is 10.6. The van der Waals surface area contributed by atoms with Gasteiger partial charge in [-0.2, -0.15) is 0 Å². The van der Waals surface area contributed by atoms with Gasteiger partial charge in [-0.25, -0.2) is 4.79 Å². The summed E-state index contributed by atoms with van der Waals surface area (Å²) in [5.74, 6) is -2.52. The summed E-state index contributed by atoms with van der Waals surface area (Å²) in [6.07, 6.45) is -0.763. The van der Waals surface area contributed by atoms with Gasteiger partial charge in [-0.05, 0) is 5.92 Å². The highest BCUT2D eigenvalue weighted by Gasteiger charge is 2.33. The Kier molecular flexibility index (Phi) is 9.75. The van der Waals surface area contributed by atoms with E-state index in [-0.39, 0.29) is 32.1 Å². The van der Waals surface area contributed by atoms with Crippen molar-refractivity contribution in [2.45, 2.75) is 38.9 Å². The molecule has 31 heavy (non-hydrogen) atoms. The van der Waals surface area contributed by atoms with E-state index in [0.717, 1.165) is 0 Å². The van der Waals surface area contributed by atoms with Gasteiger partial charge in [0.05, 0.1) is 26.4 Å². The van der Waals surface area contributed by atoms with Gasteiger partial charge in [0, 0.05) is 13.5 Å². The van der Waals surface area contributed by atoms with Crippen molar-refractivity contribution < 1.29 is 33.4 Å². The van der Waals surface area contributed by atoms with Crippen LogP contribution in [0.25, 0.3) is 0 Å². The van der Waals surface area contributed by atoms with Gasteiger partial charge in [0.1, 0.15) is 28.7 Å². The number of nitrogens with zero attached hydrogens (tertiary/aromatic N) is 2. The highest BCUT2D eigenvalue weighted by atomic mass is 32.1. The van der Waals surface area contributed by atoms with Crippen LogP contribution in [0.1, 0.15) is 23.9 Å². The first-order chi connectivity index (χ1) is 14.8. The lowest BCUT2D eigenvalue weighted by atomic mass is 10.0. The minimum atomic E-state index is -1.13. The molecule has 172 valence electrons. The van der Waals surface area contributed by atoms with Crippen molar-refractivity contribution in [1.82, 2.24) is 26.1 Å². The molecule has 0 radical (unpaired) electrons. The third-order valence-corrected chi connectivity index (χ3v) is 5.21. The van der Waals surface area contributed by atoms with E-state index in [2.05, 4.69) is 26.1 Å². The Labute approximate surface area is 183 Å². The summed E-state index contributed by atoms with van der Waals surface area (Å²) in [4.78, 5) is 49.4. The molecule has 3 N–H and O–H groups in total. The number of hydrogen-bond donors (Lipinski definition) is 3. The van der Waals surface area contributed by atoms with E-state index in [1.54, 1.807) is 21.0 Å². The number of ether oxygens (including phenoxy) is 3. The molecule has 0 aliphatic carbocycles. The van der Waals surface area contributed by atoms with Gasteiger partial charge in [0.25, 0.3) is 5.91 Å². The number of amides is 3. The molecule has 2 rings (SSSR count). The highest BCUT2D eigenvalue weighted by molar-refractivity contribution is 7.11. The van der Waals surface area contributed by atoms with E-state index in [1.807, 2.05) is 0 Å². The highest BCUT2D eigenvalue weighted by Crippen LogP contribution is 2.14. The van der Waals surface area contributed by atoms with Crippen LogP contribution in [0, 0.1) is 5.92 Å². The fourth-order valence-corrected chi connectivity index (χ4v) is 3.46. The van der Waals surface area contributed by atoms with E-state index >= 15 is 0 Å². The molecule has 1 aliphatic rings. The van der Waals surface area contributed by atoms with Gasteiger partial charge >= 0.3 is 6.09 Å². The molecule has 2 bridgehead atoms. The monoisotopic (exact) mass is 457 g/mol. The first kappa shape index (κ1) is 24.6. The zero-order valence-electron chi connectivity index (χ0n) is 17.6. The Morgan fingerprint density at radius 1 is 1.16 bits per heavy atom. The molecule has 0 saturated carbocycles. The maximum absolute atomic E-state index is 12.8. The number of hydrogen-bond acceptors (Lipinski definition) is 10. The maximum atomic E-state index is 12.8. The van der Waals surface area contributed by atoms with Crippen molar-refractivity contribution in [2.75, 3.05) is 33.5 Å². The number of nitrogens with one attached hydrogen (secondary N) is 3. The molecular formula is C18H27N5O7S. The van der Waals surface area contributed by atoms with E-state index in [4.69, 9.17) is 14.2 Å². The zero-order valence-corrected chi connectivity index (χ0v) is 18.5. The third-order valence-electron chi connectivity index (χ3n) is 4.26. The molecule has 2 unspecified atom stereocenters. The summed E-state index contributed by atoms with van der Waals surface area (Å²) in [7, 11) is 1.55. The Morgan fingerprint density at radius 3 is 2.58 bits per heavy atom. The number of fused-ring (bicyclic) bond motifs is 2. The van der Waals surface area contributed by atoms with Crippen LogP contribution in [-0.4, -0.2) is 79.5 Å². The van der Waals surface area contributed by atoms with Crippen molar-refractivity contribution in [2.24, 2.45) is 5.92 Å². The summed E-state index contributed by atoms with van der Waals surface area (Å²) in [6, 6.07) is -2.10. The molecule has 1 aromatic heterocycles. The fourth-order valence-electron chi connectivity index (χ4n) is 2.63. The molecule has 0 aromatic carbocycles. The van der Waals surface area contributed by atoms with Crippen LogP contribution in [0.2, 0.25) is 0 Å². The number of aromatic nitrogens is 2. The van der Waals surface area contributed by atoms with Crippen molar-refractivity contribution in [3.05, 3.63) is 10.0 Å². The summed E-state index contributed by atoms with van der Waals surface area (Å²) < 4.78 is 15.0. The van der Waals surface area contributed by atoms with E-state index < -0.39 is 35.8 Å². The summed E-state index contributed by atoms with van der Waals surface area (Å²) in [6.45, 7) is 4.55. The minimum Gasteiger partial charge on any atom is -0.447 e. The van der Waals surface area contributed by atoms with Crippen LogP contribution < -0.4 is 16.0 Å². The Balaban J connectivity index is 1.93. The van der Waals surface area contributed by atoms with Crippen LogP contribution in [0.15, 0.2) is 0 Å². The molecule has 12 nitrogen and oxygen atoms in total. The predicted molar refractivity (Wildman–Crippen MR) is 108 cm³/mol. The van der Waals surface area contributed by atoms with E-state index in [1.165, 1.54) is 11.3 Å². The normalized spacial score (nSPS) is 17.2. The lowest BCUT2D eigenvalue weighted by molar-refractivity contribution is -0.140. The van der Waals surface area contributed by atoms with E-state index in [9.17, 15) is 19.2 Å². The second-order valence-corrected chi connectivity index (χ2v) is 8.16. The smallest absolute Gasteiger partial charge is 0.407 e. The zero-order chi connectivity index (χ0) is 22.8. The predicted octanol–water partition coefficient (Wildman–Crippen LogP) is -0.822. The quantitative estimate of drug-likeness (QED) is 0.301. The summed E-state index contributed by atoms with van der Waals surface area (Å²) in [5, 5.41) is 16.5. The molecule has 3 amide bonds. The molecule has 2 atom stereocenters. The number of ketones is 1. The van der Waals surface area contributed by atoms with Crippen molar-refractivity contribution in [3.8, 4) is 0 Å². The van der Waals surface area contributed by atoms with Crippen LogP contribution in [-0.2, 0) is 41.6 Å². The average Bonchev–Trinajstić information content (AvgIpc) is 3.19. The van der Waals surface area contributed by atoms with Gasteiger partial charge in [0.15, 0.2) is 0 Å². The Bertz CT molecular complexity index is 785. The van der Waals surface area contributed by atoms with Crippen molar-refractivity contribution in [3.63, 3.8) is 0 Å². The number of carbonyl (C=O) groups is 4. The SMILES string of the molecule is COCCOCCOC(=O)NC(C(=O)NC1Cc2nnc(s2)CNC(=O)C1=O)C(C)C. The standard InChI is InChI=1S/C18H27N5O7S/c1-10(2)14(21-18(27)30-7-6-29-5-4-28-3)16(25)20-11-8-12-22-23-13(31-12)9-19-17(26)15(11)24/h10-11,14H,4-9H2,1-3H3,(H,19,26)(H,20,25)(H,21,27). The van der Waals surface area contributed by atoms with Crippen molar-refractivity contribution in [1.29, 1.82) is 0 Å². The van der Waals surface area contributed by atoms with Crippen LogP contribution in [0.5, 0.6) is 0 Å². The van der Waals surface area contributed by atoms with Crippen LogP contribution in [0.4, 0.5) is 4.79 Å². The molecule has 1 aliphatic heterocycles. The van der Waals surface area contributed by atoms with Gasteiger partial charge in [0.2, 0.25) is 11.7 Å². The largest absolute Gasteiger partial charge is 0.447 e. The number of Topliss-reactive ketones (excluding diaryl/α,β-unsaturated/α-hetero) is 1. The molecule has 1 aromatic rings. The average molecular weight is 458 g/mol. The Hall–Kier alpha value is -2.64. The van der Waals surface area contributed by atoms with Gasteiger partial charge in [-0.15, -0.1) is 10.2 Å². The first-order valence-electron chi connectivity index (χ1n) is 9.75. The van der Waals surface area contributed by atoms with Crippen molar-refractivity contribution >= 4 is 35.0 Å². The molecule has 0 spiro atoms. The number of alkyl carbamates (subject to hydrolysis) is 1. The third kappa shape index (κ3) is 7.84. The summed E-state index contributed by atoms with van der Waals surface area (Å²) in [5.41, 5.74) is 0. The number of rotatable bonds is 10. The van der Waals surface area contributed by atoms with Gasteiger partial charge < -0.3 is 30.2 Å². The van der Waals surface area contributed by atoms with E-state index in [0.29, 0.717) is 23.2 Å². The lowest BCUT2D eigenvalue weighted by Crippen LogP contribution is -2.56. The molecule has 13 heteroatoms. The second kappa shape index (κ2) is 12.3. The maximum Gasteiger partial charge on any atom is 0.407 e. The van der Waals surface area contributed by atoms with Crippen LogP contribution in [0.3, 0.4) is 0 Å². The van der Waals surface area contributed by atoms with Gasteiger partial charge in [-0.1, -0.05) is 25.2 Å². The number of methoxy groups -OCH3 is 1. The molecule has 2 heterocycles.